The van der Waals surface area contributed by atoms with Crippen LogP contribution in [0.5, 0.6) is 0 Å². The fourth-order valence-corrected chi connectivity index (χ4v) is 5.08. The molecule has 2 aliphatic carbocycles. The highest BCUT2D eigenvalue weighted by Crippen LogP contribution is 2.60. The van der Waals surface area contributed by atoms with Crippen LogP contribution in [0.4, 0.5) is 0 Å². The Morgan fingerprint density at radius 2 is 1.85 bits per heavy atom. The lowest BCUT2D eigenvalue weighted by atomic mass is 9.99. The topological polar surface area (TPSA) is 47.6 Å². The Morgan fingerprint density at radius 3 is 2.46 bits per heavy atom. The van der Waals surface area contributed by atoms with Crippen LogP contribution in [0.25, 0.3) is 0 Å². The number of carbonyl (C=O) groups is 1. The van der Waals surface area contributed by atoms with Crippen LogP contribution < -0.4 is 5.32 Å². The third-order valence-electron chi connectivity index (χ3n) is 6.35. The van der Waals surface area contributed by atoms with Gasteiger partial charge in [0.1, 0.15) is 0 Å². The molecule has 4 nitrogen and oxygen atoms in total. The highest BCUT2D eigenvalue weighted by Gasteiger charge is 2.59. The van der Waals surface area contributed by atoms with Gasteiger partial charge in [-0.25, -0.2) is 0 Å². The summed E-state index contributed by atoms with van der Waals surface area (Å²) in [6.45, 7) is 3.83. The Hall–Kier alpha value is -1.10. The van der Waals surface area contributed by atoms with Crippen molar-refractivity contribution in [2.45, 2.75) is 57.3 Å². The number of hydrogen-bond acceptors (Lipinski definition) is 3. The Kier molecular flexibility index (Phi) is 5.53. The van der Waals surface area contributed by atoms with Crippen LogP contribution in [0.2, 0.25) is 5.02 Å². The molecule has 1 aliphatic heterocycles. The lowest BCUT2D eigenvalue weighted by Gasteiger charge is -2.27. The average molecular weight is 378 g/mol. The Morgan fingerprint density at radius 1 is 1.19 bits per heavy atom. The van der Waals surface area contributed by atoms with Crippen molar-refractivity contribution in [3.63, 3.8) is 0 Å². The van der Waals surface area contributed by atoms with Crippen LogP contribution in [0, 0.1) is 17.8 Å². The van der Waals surface area contributed by atoms with Crippen LogP contribution in [0.1, 0.15) is 49.4 Å². The van der Waals surface area contributed by atoms with Gasteiger partial charge in [-0.3, -0.25) is 4.79 Å². The largest absolute Gasteiger partial charge is 0.381 e. The third-order valence-corrected chi connectivity index (χ3v) is 6.60. The maximum Gasteiger partial charge on any atom is 0.251 e. The lowest BCUT2D eigenvalue weighted by molar-refractivity contribution is -0.0704. The normalized spacial score (nSPS) is 32.1. The Balaban J connectivity index is 1.27. The molecule has 3 fully saturated rings. The van der Waals surface area contributed by atoms with E-state index in [1.807, 2.05) is 0 Å². The first-order valence-corrected chi connectivity index (χ1v) is 10.3. The molecule has 1 aromatic carbocycles. The molecular weight excluding hydrogens is 350 g/mol. The molecule has 1 saturated heterocycles. The maximum absolute atomic E-state index is 12.5. The highest BCUT2D eigenvalue weighted by molar-refractivity contribution is 6.30. The van der Waals surface area contributed by atoms with E-state index in [0.29, 0.717) is 28.7 Å². The molecule has 142 valence electrons. The van der Waals surface area contributed by atoms with Crippen LogP contribution in [-0.4, -0.2) is 37.4 Å². The molecule has 0 spiro atoms. The van der Waals surface area contributed by atoms with Crippen LogP contribution in [-0.2, 0) is 9.47 Å². The zero-order valence-corrected chi connectivity index (χ0v) is 16.1. The molecule has 1 heterocycles. The molecule has 26 heavy (non-hydrogen) atoms. The molecule has 0 bridgehead atoms. The van der Waals surface area contributed by atoms with Crippen LogP contribution in [0.3, 0.4) is 0 Å². The maximum atomic E-state index is 12.5. The predicted molar refractivity (Wildman–Crippen MR) is 101 cm³/mol. The van der Waals surface area contributed by atoms with E-state index in [2.05, 4.69) is 12.2 Å². The summed E-state index contributed by atoms with van der Waals surface area (Å²) in [6.07, 6.45) is 6.14. The van der Waals surface area contributed by atoms with E-state index in [-0.39, 0.29) is 11.9 Å². The van der Waals surface area contributed by atoms with Crippen LogP contribution in [0.15, 0.2) is 24.3 Å². The molecule has 1 amide bonds. The molecule has 0 aromatic heterocycles. The monoisotopic (exact) mass is 377 g/mol. The molecule has 0 radical (unpaired) electrons. The minimum atomic E-state index is 0.00787. The molecule has 2 saturated carbocycles. The van der Waals surface area contributed by atoms with Crippen molar-refractivity contribution in [1.82, 2.24) is 5.32 Å². The van der Waals surface area contributed by atoms with E-state index in [1.54, 1.807) is 24.3 Å². The van der Waals surface area contributed by atoms with Crippen molar-refractivity contribution in [2.75, 3.05) is 13.2 Å². The number of amides is 1. The summed E-state index contributed by atoms with van der Waals surface area (Å²) < 4.78 is 11.7. The number of nitrogens with one attached hydrogen (secondary N) is 1. The SMILES string of the molecule is CCC(NC(=O)c1ccc(Cl)cc1)C1[C@H]2CC(OC3CCOCC3)C[C@@H]12. The van der Waals surface area contributed by atoms with E-state index in [4.69, 9.17) is 21.1 Å². The number of ether oxygens (including phenoxy) is 2. The molecule has 4 rings (SSSR count). The summed E-state index contributed by atoms with van der Waals surface area (Å²) in [4.78, 5) is 12.5. The van der Waals surface area contributed by atoms with Gasteiger partial charge in [0, 0.05) is 29.8 Å². The molecule has 1 N–H and O–H groups in total. The summed E-state index contributed by atoms with van der Waals surface area (Å²) >= 11 is 5.91. The van der Waals surface area contributed by atoms with Gasteiger partial charge in [0.15, 0.2) is 0 Å². The number of fused-ring (bicyclic) bond motifs is 1. The molecule has 3 unspecified atom stereocenters. The van der Waals surface area contributed by atoms with Crippen LogP contribution >= 0.6 is 11.6 Å². The lowest BCUT2D eigenvalue weighted by Crippen LogP contribution is -2.38. The first kappa shape index (κ1) is 18.3. The Bertz CT molecular complexity index is 617. The second kappa shape index (κ2) is 7.87. The number of benzene rings is 1. The zero-order valence-electron chi connectivity index (χ0n) is 15.3. The summed E-state index contributed by atoms with van der Waals surface area (Å²) in [5, 5.41) is 3.90. The number of rotatable bonds is 6. The van der Waals surface area contributed by atoms with E-state index >= 15 is 0 Å². The fraction of sp³-hybridized carbons (Fsp3) is 0.667. The molecule has 1 aromatic rings. The van der Waals surface area contributed by atoms with Gasteiger partial charge in [0.05, 0.1) is 12.2 Å². The second-order valence-electron chi connectivity index (χ2n) is 7.94. The summed E-state index contributed by atoms with van der Waals surface area (Å²) in [5.74, 6) is 2.06. The standard InChI is InChI=1S/C21H28ClNO3/c1-2-19(23-21(24)13-3-5-14(22)6-4-13)20-17-11-16(12-18(17)20)26-15-7-9-25-10-8-15/h3-6,15-20H,2,7-12H2,1H3,(H,23,24)/t16?,17-,18+,19?,20?. The summed E-state index contributed by atoms with van der Waals surface area (Å²) in [6, 6.07) is 7.37. The van der Waals surface area contributed by atoms with Gasteiger partial charge in [-0.2, -0.15) is 0 Å². The second-order valence-corrected chi connectivity index (χ2v) is 8.38. The minimum Gasteiger partial charge on any atom is -0.381 e. The quantitative estimate of drug-likeness (QED) is 0.812. The van der Waals surface area contributed by atoms with Gasteiger partial charge in [0.2, 0.25) is 0 Å². The molecular formula is C21H28ClNO3. The van der Waals surface area contributed by atoms with Crippen molar-refractivity contribution < 1.29 is 14.3 Å². The van der Waals surface area contributed by atoms with E-state index in [0.717, 1.165) is 57.2 Å². The third kappa shape index (κ3) is 3.92. The van der Waals surface area contributed by atoms with E-state index < -0.39 is 0 Å². The van der Waals surface area contributed by atoms with Crippen molar-refractivity contribution in [2.24, 2.45) is 17.8 Å². The Labute approximate surface area is 160 Å². The van der Waals surface area contributed by atoms with Crippen molar-refractivity contribution >= 4 is 17.5 Å². The van der Waals surface area contributed by atoms with Gasteiger partial charge >= 0.3 is 0 Å². The zero-order chi connectivity index (χ0) is 18.1. The van der Waals surface area contributed by atoms with Gasteiger partial charge < -0.3 is 14.8 Å². The predicted octanol–water partition coefficient (Wildman–Crippen LogP) is 4.07. The number of halogens is 1. The first-order valence-electron chi connectivity index (χ1n) is 9.95. The van der Waals surface area contributed by atoms with Gasteiger partial charge in [-0.15, -0.1) is 0 Å². The van der Waals surface area contributed by atoms with Crippen molar-refractivity contribution in [3.05, 3.63) is 34.9 Å². The summed E-state index contributed by atoms with van der Waals surface area (Å²) in [5.41, 5.74) is 0.680. The minimum absolute atomic E-state index is 0.00787. The molecule has 5 heteroatoms. The summed E-state index contributed by atoms with van der Waals surface area (Å²) in [7, 11) is 0. The average Bonchev–Trinajstić information content (AvgIpc) is 3.15. The number of carbonyl (C=O) groups excluding carboxylic acids is 1. The van der Waals surface area contributed by atoms with Crippen molar-refractivity contribution in [1.29, 1.82) is 0 Å². The molecule has 5 atom stereocenters. The van der Waals surface area contributed by atoms with Gasteiger partial charge in [-0.05, 0) is 74.1 Å². The van der Waals surface area contributed by atoms with Gasteiger partial charge in [0.25, 0.3) is 5.91 Å². The van der Waals surface area contributed by atoms with Crippen molar-refractivity contribution in [3.8, 4) is 0 Å². The number of hydrogen-bond donors (Lipinski definition) is 1. The highest BCUT2D eigenvalue weighted by atomic mass is 35.5. The first-order chi connectivity index (χ1) is 12.7. The smallest absolute Gasteiger partial charge is 0.251 e. The fourth-order valence-electron chi connectivity index (χ4n) is 4.96. The van der Waals surface area contributed by atoms with E-state index in [1.165, 1.54) is 0 Å². The molecule has 3 aliphatic rings. The van der Waals surface area contributed by atoms with Gasteiger partial charge in [-0.1, -0.05) is 18.5 Å². The van der Waals surface area contributed by atoms with E-state index in [9.17, 15) is 4.79 Å².